The van der Waals surface area contributed by atoms with Crippen LogP contribution in [0.25, 0.3) is 11.1 Å². The van der Waals surface area contributed by atoms with Crippen molar-refractivity contribution in [2.24, 2.45) is 0 Å². The van der Waals surface area contributed by atoms with Gasteiger partial charge in [-0.15, -0.1) is 0 Å². The van der Waals surface area contributed by atoms with Gasteiger partial charge in [-0.05, 0) is 25.0 Å². The van der Waals surface area contributed by atoms with E-state index >= 15 is 0 Å². The molecule has 3 N–H and O–H groups in total. The normalized spacial score (nSPS) is 12.3. The zero-order valence-electron chi connectivity index (χ0n) is 12.5. The second-order valence-electron chi connectivity index (χ2n) is 5.01. The minimum atomic E-state index is -0.435. The molecule has 2 amide bonds. The van der Waals surface area contributed by atoms with Crippen LogP contribution in [0, 0.1) is 0 Å². The predicted molar refractivity (Wildman–Crippen MR) is 82.8 cm³/mol. The SMILES string of the molecule is CCC(CCO)NC(=O)NCCn1c(=O)oc2ccccc21. The van der Waals surface area contributed by atoms with Crippen LogP contribution >= 0.6 is 0 Å². The van der Waals surface area contributed by atoms with E-state index in [0.29, 0.717) is 30.6 Å². The Balaban J connectivity index is 1.89. The number of aliphatic hydroxyl groups is 1. The summed E-state index contributed by atoms with van der Waals surface area (Å²) in [4.78, 5) is 23.5. The summed E-state index contributed by atoms with van der Waals surface area (Å²) in [5, 5.41) is 14.4. The maximum Gasteiger partial charge on any atom is 0.420 e. The number of oxazole rings is 1. The number of aromatic nitrogens is 1. The maximum absolute atomic E-state index is 11.8. The van der Waals surface area contributed by atoms with Crippen LogP contribution in [0.5, 0.6) is 0 Å². The first-order chi connectivity index (χ1) is 10.7. The molecule has 0 aliphatic rings. The first kappa shape index (κ1) is 16.1. The van der Waals surface area contributed by atoms with Crippen LogP contribution in [0.1, 0.15) is 19.8 Å². The average molecular weight is 307 g/mol. The zero-order valence-corrected chi connectivity index (χ0v) is 12.5. The Morgan fingerprint density at radius 3 is 2.91 bits per heavy atom. The van der Waals surface area contributed by atoms with Gasteiger partial charge in [-0.3, -0.25) is 4.57 Å². The second kappa shape index (κ2) is 7.65. The highest BCUT2D eigenvalue weighted by atomic mass is 16.4. The zero-order chi connectivity index (χ0) is 15.9. The molecule has 22 heavy (non-hydrogen) atoms. The molecule has 0 bridgehead atoms. The molecular formula is C15H21N3O4. The molecule has 7 heteroatoms. The number of nitrogens with zero attached hydrogens (tertiary/aromatic N) is 1. The van der Waals surface area contributed by atoms with Crippen LogP contribution in [0.4, 0.5) is 4.79 Å². The highest BCUT2D eigenvalue weighted by Crippen LogP contribution is 2.10. The Morgan fingerprint density at radius 2 is 2.18 bits per heavy atom. The van der Waals surface area contributed by atoms with E-state index in [-0.39, 0.29) is 18.7 Å². The number of fused-ring (bicyclic) bond motifs is 1. The standard InChI is InChI=1S/C15H21N3O4/c1-2-11(7-10-19)17-14(20)16-8-9-18-12-5-3-4-6-13(12)22-15(18)21/h3-6,11,19H,2,7-10H2,1H3,(H2,16,17,20). The average Bonchev–Trinajstić information content (AvgIpc) is 2.83. The van der Waals surface area contributed by atoms with Gasteiger partial charge in [0.15, 0.2) is 5.58 Å². The molecule has 1 atom stereocenters. The monoisotopic (exact) mass is 307 g/mol. The molecule has 2 rings (SSSR count). The lowest BCUT2D eigenvalue weighted by atomic mass is 10.2. The van der Waals surface area contributed by atoms with E-state index in [1.165, 1.54) is 4.57 Å². The summed E-state index contributed by atoms with van der Waals surface area (Å²) >= 11 is 0. The van der Waals surface area contributed by atoms with Crippen molar-refractivity contribution in [3.63, 3.8) is 0 Å². The third kappa shape index (κ3) is 3.88. The number of hydrogen-bond donors (Lipinski definition) is 3. The second-order valence-corrected chi connectivity index (χ2v) is 5.01. The summed E-state index contributed by atoms with van der Waals surface area (Å²) in [7, 11) is 0. The van der Waals surface area contributed by atoms with Gasteiger partial charge in [0.25, 0.3) is 0 Å². The van der Waals surface area contributed by atoms with Crippen LogP contribution in [0.15, 0.2) is 33.5 Å². The summed E-state index contributed by atoms with van der Waals surface area (Å²) in [6.07, 6.45) is 1.27. The van der Waals surface area contributed by atoms with Gasteiger partial charge in [0.05, 0.1) is 5.52 Å². The van der Waals surface area contributed by atoms with Crippen LogP contribution < -0.4 is 16.4 Å². The van der Waals surface area contributed by atoms with E-state index in [2.05, 4.69) is 10.6 Å². The van der Waals surface area contributed by atoms with Crippen LogP contribution in [-0.4, -0.2) is 34.9 Å². The Hall–Kier alpha value is -2.28. The topological polar surface area (TPSA) is 96.5 Å². The lowest BCUT2D eigenvalue weighted by Crippen LogP contribution is -2.43. The fraction of sp³-hybridized carbons (Fsp3) is 0.467. The maximum atomic E-state index is 11.8. The summed E-state index contributed by atoms with van der Waals surface area (Å²) in [6, 6.07) is 6.80. The lowest BCUT2D eigenvalue weighted by Gasteiger charge is -2.16. The molecule has 0 aliphatic carbocycles. The van der Waals surface area contributed by atoms with Crippen molar-refractivity contribution in [2.75, 3.05) is 13.2 Å². The Bertz CT molecular complexity index is 677. The summed E-state index contributed by atoms with van der Waals surface area (Å²) in [5.74, 6) is -0.435. The molecule has 1 unspecified atom stereocenters. The van der Waals surface area contributed by atoms with Gasteiger partial charge in [-0.2, -0.15) is 0 Å². The number of hydrogen-bond acceptors (Lipinski definition) is 4. The molecule has 0 saturated carbocycles. The van der Waals surface area contributed by atoms with Crippen LogP contribution in [0.3, 0.4) is 0 Å². The molecule has 0 saturated heterocycles. The van der Waals surface area contributed by atoms with E-state index in [9.17, 15) is 9.59 Å². The molecule has 2 aromatic rings. The van der Waals surface area contributed by atoms with E-state index in [0.717, 1.165) is 6.42 Å². The van der Waals surface area contributed by atoms with Gasteiger partial charge in [0, 0.05) is 25.7 Å². The largest absolute Gasteiger partial charge is 0.420 e. The molecule has 1 heterocycles. The van der Waals surface area contributed by atoms with Crippen molar-refractivity contribution < 1.29 is 14.3 Å². The van der Waals surface area contributed by atoms with Crippen molar-refractivity contribution in [2.45, 2.75) is 32.4 Å². The molecule has 120 valence electrons. The number of aliphatic hydroxyl groups excluding tert-OH is 1. The number of rotatable bonds is 7. The van der Waals surface area contributed by atoms with Crippen molar-refractivity contribution >= 4 is 17.1 Å². The van der Waals surface area contributed by atoms with Crippen molar-refractivity contribution in [1.29, 1.82) is 0 Å². The minimum Gasteiger partial charge on any atom is -0.408 e. The third-order valence-corrected chi connectivity index (χ3v) is 3.50. The molecule has 0 radical (unpaired) electrons. The van der Waals surface area contributed by atoms with E-state index in [4.69, 9.17) is 9.52 Å². The van der Waals surface area contributed by atoms with E-state index in [1.54, 1.807) is 18.2 Å². The first-order valence-electron chi connectivity index (χ1n) is 7.39. The number of benzene rings is 1. The van der Waals surface area contributed by atoms with Crippen molar-refractivity contribution in [1.82, 2.24) is 15.2 Å². The Morgan fingerprint density at radius 1 is 1.41 bits per heavy atom. The van der Waals surface area contributed by atoms with Gasteiger partial charge in [0.2, 0.25) is 0 Å². The predicted octanol–water partition coefficient (Wildman–Crippen LogP) is 1.05. The van der Waals surface area contributed by atoms with E-state index < -0.39 is 5.76 Å². The Labute approximate surface area is 127 Å². The van der Waals surface area contributed by atoms with Gasteiger partial charge in [-0.25, -0.2) is 9.59 Å². The van der Waals surface area contributed by atoms with Gasteiger partial charge in [-0.1, -0.05) is 19.1 Å². The fourth-order valence-electron chi connectivity index (χ4n) is 2.28. The molecule has 7 nitrogen and oxygen atoms in total. The third-order valence-electron chi connectivity index (χ3n) is 3.50. The van der Waals surface area contributed by atoms with Gasteiger partial charge < -0.3 is 20.2 Å². The lowest BCUT2D eigenvalue weighted by molar-refractivity contribution is 0.227. The van der Waals surface area contributed by atoms with E-state index in [1.807, 2.05) is 13.0 Å². The summed E-state index contributed by atoms with van der Waals surface area (Å²) < 4.78 is 6.61. The number of carbonyl (C=O) groups is 1. The molecule has 1 aromatic carbocycles. The number of nitrogens with one attached hydrogen (secondary N) is 2. The molecule has 1 aromatic heterocycles. The highest BCUT2D eigenvalue weighted by molar-refractivity contribution is 5.74. The molecule has 0 spiro atoms. The quantitative estimate of drug-likeness (QED) is 0.712. The summed E-state index contributed by atoms with van der Waals surface area (Å²) in [5.41, 5.74) is 1.24. The van der Waals surface area contributed by atoms with Crippen LogP contribution in [0.2, 0.25) is 0 Å². The van der Waals surface area contributed by atoms with Gasteiger partial charge >= 0.3 is 11.8 Å². The molecule has 0 fully saturated rings. The highest BCUT2D eigenvalue weighted by Gasteiger charge is 2.11. The molecule has 0 aliphatic heterocycles. The summed E-state index contributed by atoms with van der Waals surface area (Å²) in [6.45, 7) is 2.62. The molecular weight excluding hydrogens is 286 g/mol. The van der Waals surface area contributed by atoms with Gasteiger partial charge in [0.1, 0.15) is 0 Å². The number of para-hydroxylation sites is 2. The van der Waals surface area contributed by atoms with Crippen molar-refractivity contribution in [3.05, 3.63) is 34.8 Å². The minimum absolute atomic E-state index is 0.0369. The fourth-order valence-corrected chi connectivity index (χ4v) is 2.28. The smallest absolute Gasteiger partial charge is 0.408 e. The number of carbonyl (C=O) groups excluding carboxylic acids is 1. The number of amides is 2. The Kier molecular flexibility index (Phi) is 5.60. The van der Waals surface area contributed by atoms with Crippen molar-refractivity contribution in [3.8, 4) is 0 Å². The number of urea groups is 1. The van der Waals surface area contributed by atoms with Crippen LogP contribution in [-0.2, 0) is 6.54 Å². The first-order valence-corrected chi connectivity index (χ1v) is 7.39.